The standard InChI is InChI=1S/C18H25N5O3S/c1-4-7-12-20-15-14(17(25)23(3)18(26)22(15)2)16(21-12)27-10-13(24)19-11-8-5-6-9-11/h11H,4-10H2,1-3H3,(H,19,24). The predicted octanol–water partition coefficient (Wildman–Crippen LogP) is 1.13. The van der Waals surface area contributed by atoms with Crippen molar-refractivity contribution in [2.24, 2.45) is 14.1 Å². The van der Waals surface area contributed by atoms with Crippen molar-refractivity contribution in [3.8, 4) is 0 Å². The van der Waals surface area contributed by atoms with Gasteiger partial charge in [0.15, 0.2) is 5.65 Å². The molecular formula is C18H25N5O3S. The predicted molar refractivity (Wildman–Crippen MR) is 105 cm³/mol. The van der Waals surface area contributed by atoms with E-state index in [0.29, 0.717) is 22.9 Å². The van der Waals surface area contributed by atoms with Gasteiger partial charge in [-0.1, -0.05) is 31.5 Å². The lowest BCUT2D eigenvalue weighted by atomic mass is 10.2. The minimum atomic E-state index is -0.435. The molecule has 146 valence electrons. The normalized spacial score (nSPS) is 14.8. The molecule has 27 heavy (non-hydrogen) atoms. The van der Waals surface area contributed by atoms with Gasteiger partial charge in [0, 0.05) is 26.6 Å². The molecule has 1 aliphatic rings. The van der Waals surface area contributed by atoms with E-state index in [1.165, 1.54) is 23.4 Å². The first kappa shape index (κ1) is 19.6. The van der Waals surface area contributed by atoms with Gasteiger partial charge >= 0.3 is 5.69 Å². The first-order valence-corrected chi connectivity index (χ1v) is 10.3. The third-order valence-corrected chi connectivity index (χ3v) is 5.82. The topological polar surface area (TPSA) is 98.9 Å². The van der Waals surface area contributed by atoms with Crippen molar-refractivity contribution >= 4 is 28.7 Å². The number of amides is 1. The number of fused-ring (bicyclic) bond motifs is 1. The van der Waals surface area contributed by atoms with Crippen LogP contribution in [0.15, 0.2) is 14.6 Å². The largest absolute Gasteiger partial charge is 0.353 e. The van der Waals surface area contributed by atoms with E-state index < -0.39 is 11.2 Å². The van der Waals surface area contributed by atoms with Crippen LogP contribution in [0.1, 0.15) is 44.9 Å². The van der Waals surface area contributed by atoms with Crippen molar-refractivity contribution < 1.29 is 4.79 Å². The summed E-state index contributed by atoms with van der Waals surface area (Å²) in [6, 6.07) is 0.254. The number of nitrogens with zero attached hydrogens (tertiary/aromatic N) is 4. The highest BCUT2D eigenvalue weighted by Crippen LogP contribution is 2.23. The number of carbonyl (C=O) groups excluding carboxylic acids is 1. The van der Waals surface area contributed by atoms with Crippen LogP contribution >= 0.6 is 11.8 Å². The lowest BCUT2D eigenvalue weighted by molar-refractivity contribution is -0.119. The summed E-state index contributed by atoms with van der Waals surface area (Å²) in [5, 5.41) is 3.79. The Bertz CT molecular complexity index is 976. The van der Waals surface area contributed by atoms with Gasteiger partial charge in [-0.05, 0) is 19.3 Å². The van der Waals surface area contributed by atoms with Crippen molar-refractivity contribution in [1.82, 2.24) is 24.4 Å². The molecule has 2 aromatic heterocycles. The molecule has 8 nitrogen and oxygen atoms in total. The third-order valence-electron chi connectivity index (χ3n) is 4.85. The Kier molecular flexibility index (Phi) is 5.98. The van der Waals surface area contributed by atoms with Crippen LogP contribution in [0.4, 0.5) is 0 Å². The summed E-state index contributed by atoms with van der Waals surface area (Å²) in [5.74, 6) is 0.699. The van der Waals surface area contributed by atoms with Crippen molar-refractivity contribution in [3.63, 3.8) is 0 Å². The van der Waals surface area contributed by atoms with Gasteiger partial charge in [0.05, 0.1) is 5.75 Å². The maximum Gasteiger partial charge on any atom is 0.332 e. The van der Waals surface area contributed by atoms with Gasteiger partial charge in [0.2, 0.25) is 5.91 Å². The SMILES string of the molecule is CCCc1nc(SCC(=O)NC2CCCC2)c2c(=O)n(C)c(=O)n(C)c2n1. The zero-order valence-electron chi connectivity index (χ0n) is 15.9. The lowest BCUT2D eigenvalue weighted by Gasteiger charge is -2.13. The van der Waals surface area contributed by atoms with Crippen molar-refractivity contribution in [2.45, 2.75) is 56.5 Å². The average Bonchev–Trinajstić information content (AvgIpc) is 3.15. The number of rotatable bonds is 6. The van der Waals surface area contributed by atoms with Gasteiger partial charge in [-0.2, -0.15) is 0 Å². The highest BCUT2D eigenvalue weighted by Gasteiger charge is 2.20. The molecule has 0 bridgehead atoms. The number of aromatic nitrogens is 4. The summed E-state index contributed by atoms with van der Waals surface area (Å²) >= 11 is 1.23. The number of carbonyl (C=O) groups is 1. The molecule has 1 saturated carbocycles. The molecule has 2 heterocycles. The van der Waals surface area contributed by atoms with E-state index in [1.54, 1.807) is 7.05 Å². The number of thioether (sulfide) groups is 1. The van der Waals surface area contributed by atoms with Crippen LogP contribution in [0.2, 0.25) is 0 Å². The molecule has 9 heteroatoms. The Morgan fingerprint density at radius 3 is 2.56 bits per heavy atom. The molecule has 0 radical (unpaired) electrons. The van der Waals surface area contributed by atoms with Gasteiger partial charge in [0.1, 0.15) is 16.2 Å². The fourth-order valence-corrected chi connectivity index (χ4v) is 4.23. The van der Waals surface area contributed by atoms with E-state index in [0.717, 1.165) is 36.7 Å². The monoisotopic (exact) mass is 391 g/mol. The molecule has 0 aromatic carbocycles. The number of aryl methyl sites for hydroxylation is 2. The van der Waals surface area contributed by atoms with Gasteiger partial charge in [0.25, 0.3) is 5.56 Å². The van der Waals surface area contributed by atoms with Gasteiger partial charge in [-0.15, -0.1) is 0 Å². The first-order valence-electron chi connectivity index (χ1n) is 9.31. The number of nitrogens with one attached hydrogen (secondary N) is 1. The second-order valence-electron chi connectivity index (χ2n) is 6.94. The van der Waals surface area contributed by atoms with Gasteiger partial charge in [-0.3, -0.25) is 18.7 Å². The maximum atomic E-state index is 12.7. The molecule has 3 rings (SSSR count). The van der Waals surface area contributed by atoms with E-state index >= 15 is 0 Å². The van der Waals surface area contributed by atoms with Crippen LogP contribution < -0.4 is 16.6 Å². The van der Waals surface area contributed by atoms with Crippen LogP contribution in [0, 0.1) is 0 Å². The van der Waals surface area contributed by atoms with E-state index in [9.17, 15) is 14.4 Å². The summed E-state index contributed by atoms with van der Waals surface area (Å²) in [4.78, 5) is 46.1. The highest BCUT2D eigenvalue weighted by molar-refractivity contribution is 8.00. The zero-order chi connectivity index (χ0) is 19.6. The average molecular weight is 391 g/mol. The summed E-state index contributed by atoms with van der Waals surface area (Å²) in [7, 11) is 3.03. The third kappa shape index (κ3) is 4.07. The van der Waals surface area contributed by atoms with Gasteiger partial charge in [-0.25, -0.2) is 14.8 Å². The summed E-state index contributed by atoms with van der Waals surface area (Å²) < 4.78 is 2.41. The Morgan fingerprint density at radius 2 is 1.89 bits per heavy atom. The quantitative estimate of drug-likeness (QED) is 0.585. The Balaban J connectivity index is 1.96. The van der Waals surface area contributed by atoms with E-state index in [1.807, 2.05) is 6.92 Å². The summed E-state index contributed by atoms with van der Waals surface area (Å²) in [6.45, 7) is 2.01. The first-order chi connectivity index (χ1) is 12.9. The smallest absolute Gasteiger partial charge is 0.332 e. The second-order valence-corrected chi connectivity index (χ2v) is 7.90. The second kappa shape index (κ2) is 8.24. The molecule has 0 aliphatic heterocycles. The fourth-order valence-electron chi connectivity index (χ4n) is 3.39. The molecule has 0 unspecified atom stereocenters. The van der Waals surface area contributed by atoms with E-state index in [-0.39, 0.29) is 23.1 Å². The van der Waals surface area contributed by atoms with Crippen LogP contribution in [-0.2, 0) is 25.3 Å². The van der Waals surface area contributed by atoms with Crippen molar-refractivity contribution in [3.05, 3.63) is 26.7 Å². The van der Waals surface area contributed by atoms with E-state index in [2.05, 4.69) is 15.3 Å². The highest BCUT2D eigenvalue weighted by atomic mass is 32.2. The lowest BCUT2D eigenvalue weighted by Crippen LogP contribution is -2.38. The molecule has 0 spiro atoms. The van der Waals surface area contributed by atoms with Crippen LogP contribution in [0.25, 0.3) is 11.0 Å². The summed E-state index contributed by atoms with van der Waals surface area (Å²) in [5.41, 5.74) is -0.543. The molecule has 1 fully saturated rings. The van der Waals surface area contributed by atoms with Crippen molar-refractivity contribution in [2.75, 3.05) is 5.75 Å². The fraction of sp³-hybridized carbons (Fsp3) is 0.611. The summed E-state index contributed by atoms with van der Waals surface area (Å²) in [6.07, 6.45) is 5.84. The van der Waals surface area contributed by atoms with Crippen LogP contribution in [0.5, 0.6) is 0 Å². The molecule has 0 saturated heterocycles. The minimum Gasteiger partial charge on any atom is -0.353 e. The zero-order valence-corrected chi connectivity index (χ0v) is 16.8. The molecule has 1 aliphatic carbocycles. The molecule has 1 N–H and O–H groups in total. The molecule has 0 atom stereocenters. The number of hydrogen-bond donors (Lipinski definition) is 1. The maximum absolute atomic E-state index is 12.7. The van der Waals surface area contributed by atoms with Gasteiger partial charge < -0.3 is 5.32 Å². The number of hydrogen-bond acceptors (Lipinski definition) is 6. The Labute approximate surface area is 161 Å². The van der Waals surface area contributed by atoms with Crippen molar-refractivity contribution in [1.29, 1.82) is 0 Å². The van der Waals surface area contributed by atoms with Crippen LogP contribution in [-0.4, -0.2) is 36.8 Å². The van der Waals surface area contributed by atoms with E-state index in [4.69, 9.17) is 0 Å². The molecular weight excluding hydrogens is 366 g/mol. The minimum absolute atomic E-state index is 0.0580. The Hall–Kier alpha value is -2.16. The molecule has 1 amide bonds. The Morgan fingerprint density at radius 1 is 1.19 bits per heavy atom. The molecule has 2 aromatic rings. The van der Waals surface area contributed by atoms with Crippen LogP contribution in [0.3, 0.4) is 0 Å².